The van der Waals surface area contributed by atoms with Gasteiger partial charge in [-0.1, -0.05) is 29.8 Å². The van der Waals surface area contributed by atoms with Crippen molar-refractivity contribution in [1.82, 2.24) is 4.98 Å². The number of aryl methyl sites for hydroxylation is 2. The fraction of sp³-hybridized carbons (Fsp3) is 0.265. The number of carbonyl (C=O) groups excluding carboxylic acids is 2. The molecule has 1 aromatic heterocycles. The summed E-state index contributed by atoms with van der Waals surface area (Å²) in [6, 6.07) is 22.9. The van der Waals surface area contributed by atoms with Gasteiger partial charge in [0.1, 0.15) is 10.9 Å². The maximum absolute atomic E-state index is 12.4. The molecular weight excluding hydrogens is 562 g/mol. The third-order valence-corrected chi connectivity index (χ3v) is 8.01. The summed E-state index contributed by atoms with van der Waals surface area (Å²) in [5.74, 6) is 0.472. The quantitative estimate of drug-likeness (QED) is 0.222. The zero-order valence-electron chi connectivity index (χ0n) is 24.1. The van der Waals surface area contributed by atoms with Crippen molar-refractivity contribution in [3.05, 3.63) is 118 Å². The van der Waals surface area contributed by atoms with Gasteiger partial charge in [-0.3, -0.25) is 9.59 Å². The molecule has 0 fully saturated rings. The Labute approximate surface area is 256 Å². The summed E-state index contributed by atoms with van der Waals surface area (Å²) in [6.07, 6.45) is 7.15. The Morgan fingerprint density at radius 1 is 0.767 bits per heavy atom. The lowest BCUT2D eigenvalue weighted by Crippen LogP contribution is -2.28. The Bertz CT molecular complexity index is 1610. The number of benzene rings is 3. The van der Waals surface area contributed by atoms with Gasteiger partial charge in [-0.2, -0.15) is 0 Å². The molecule has 9 heteroatoms. The molecule has 2 aliphatic rings. The van der Waals surface area contributed by atoms with Crippen molar-refractivity contribution in [2.24, 2.45) is 11.5 Å². The smallest absolute Gasteiger partial charge is 0.255 e. The van der Waals surface area contributed by atoms with E-state index >= 15 is 0 Å². The summed E-state index contributed by atoms with van der Waals surface area (Å²) in [4.78, 5) is 28.6. The van der Waals surface area contributed by atoms with Crippen LogP contribution in [0.5, 0.6) is 5.75 Å². The Kier molecular flexibility index (Phi) is 9.72. The topological polar surface area (TPSA) is 132 Å². The van der Waals surface area contributed by atoms with Gasteiger partial charge in [-0.15, -0.1) is 0 Å². The average molecular weight is 598 g/mol. The first-order valence-corrected chi connectivity index (χ1v) is 14.8. The Hall–Kier alpha value is -4.24. The molecule has 2 unspecified atom stereocenters. The van der Waals surface area contributed by atoms with Crippen molar-refractivity contribution in [2.75, 3.05) is 17.7 Å². The molecule has 3 aromatic carbocycles. The molecular formula is C34H36ClN5O3. The number of anilines is 2. The van der Waals surface area contributed by atoms with Gasteiger partial charge >= 0.3 is 0 Å². The first kappa shape index (κ1) is 30.2. The van der Waals surface area contributed by atoms with E-state index in [0.717, 1.165) is 50.0 Å². The van der Waals surface area contributed by atoms with E-state index in [2.05, 4.69) is 15.6 Å². The molecule has 222 valence electrons. The monoisotopic (exact) mass is 597 g/mol. The second-order valence-electron chi connectivity index (χ2n) is 11.0. The predicted molar refractivity (Wildman–Crippen MR) is 171 cm³/mol. The van der Waals surface area contributed by atoms with Crippen LogP contribution in [-0.2, 0) is 25.7 Å². The molecule has 2 amide bonds. The maximum atomic E-state index is 12.4. The first-order valence-electron chi connectivity index (χ1n) is 14.4. The molecule has 6 N–H and O–H groups in total. The highest BCUT2D eigenvalue weighted by Gasteiger charge is 2.18. The molecule has 4 aromatic rings. The maximum Gasteiger partial charge on any atom is 0.255 e. The summed E-state index contributed by atoms with van der Waals surface area (Å²) in [5, 5.41) is 6.12. The van der Waals surface area contributed by atoms with Crippen LogP contribution in [0.4, 0.5) is 11.4 Å². The number of carbonyl (C=O) groups is 2. The lowest BCUT2D eigenvalue weighted by Gasteiger charge is -2.21. The van der Waals surface area contributed by atoms with Crippen LogP contribution < -0.4 is 26.8 Å². The third kappa shape index (κ3) is 7.99. The van der Waals surface area contributed by atoms with Crippen LogP contribution in [0, 0.1) is 0 Å². The van der Waals surface area contributed by atoms with Crippen LogP contribution in [0.25, 0.3) is 0 Å². The normalized spacial score (nSPS) is 16.9. The van der Waals surface area contributed by atoms with Gasteiger partial charge in [0.05, 0.1) is 19.0 Å². The molecule has 1 heterocycles. The van der Waals surface area contributed by atoms with Gasteiger partial charge in [-0.25, -0.2) is 4.98 Å². The number of ether oxygens (including phenoxy) is 1. The van der Waals surface area contributed by atoms with E-state index in [1.807, 2.05) is 54.6 Å². The van der Waals surface area contributed by atoms with Crippen molar-refractivity contribution >= 4 is 34.8 Å². The minimum absolute atomic E-state index is 0.106. The van der Waals surface area contributed by atoms with Gasteiger partial charge < -0.3 is 26.8 Å². The number of hydrogen-bond acceptors (Lipinski definition) is 6. The summed E-state index contributed by atoms with van der Waals surface area (Å²) in [6.45, 7) is 0. The van der Waals surface area contributed by atoms with Gasteiger partial charge in [0.25, 0.3) is 11.8 Å². The summed E-state index contributed by atoms with van der Waals surface area (Å²) >= 11 is 5.72. The number of methoxy groups -OCH3 is 1. The molecule has 2 aliphatic carbocycles. The second kappa shape index (κ2) is 13.8. The molecule has 6 rings (SSSR count). The number of halogens is 1. The van der Waals surface area contributed by atoms with E-state index in [1.165, 1.54) is 28.5 Å². The van der Waals surface area contributed by atoms with Crippen molar-refractivity contribution in [1.29, 1.82) is 0 Å². The minimum Gasteiger partial charge on any atom is -0.497 e. The second-order valence-corrected chi connectivity index (χ2v) is 11.4. The van der Waals surface area contributed by atoms with Crippen LogP contribution in [0.15, 0.2) is 79.0 Å². The van der Waals surface area contributed by atoms with Crippen LogP contribution in [0.1, 0.15) is 55.8 Å². The molecule has 0 saturated heterocycles. The largest absolute Gasteiger partial charge is 0.497 e. The summed E-state index contributed by atoms with van der Waals surface area (Å²) in [5.41, 5.74) is 19.6. The summed E-state index contributed by atoms with van der Waals surface area (Å²) in [7, 11) is 1.61. The SMILES string of the molecule is COc1cccc(NC(=O)c2ccc3c(c2)CCC(N)C3)c1.NC1CCc2cc(C(=O)Nc3ccc(Cl)nc3)ccc2C1. The lowest BCUT2D eigenvalue weighted by atomic mass is 9.87. The third-order valence-electron chi connectivity index (χ3n) is 7.78. The molecule has 0 aliphatic heterocycles. The highest BCUT2D eigenvalue weighted by Crippen LogP contribution is 2.24. The van der Waals surface area contributed by atoms with E-state index in [0.29, 0.717) is 22.0 Å². The predicted octanol–water partition coefficient (Wildman–Crippen LogP) is 5.57. The lowest BCUT2D eigenvalue weighted by molar-refractivity contribution is 0.101. The van der Waals surface area contributed by atoms with E-state index in [4.69, 9.17) is 27.8 Å². The fourth-order valence-electron chi connectivity index (χ4n) is 5.41. The molecule has 43 heavy (non-hydrogen) atoms. The number of hydrogen-bond donors (Lipinski definition) is 4. The number of rotatable bonds is 5. The molecule has 0 radical (unpaired) electrons. The molecule has 0 saturated carbocycles. The zero-order chi connectivity index (χ0) is 30.3. The number of nitrogens with two attached hydrogens (primary N) is 2. The van der Waals surface area contributed by atoms with Crippen molar-refractivity contribution < 1.29 is 14.3 Å². The molecule has 2 atom stereocenters. The van der Waals surface area contributed by atoms with E-state index in [-0.39, 0.29) is 23.9 Å². The minimum atomic E-state index is -0.142. The number of aromatic nitrogens is 1. The van der Waals surface area contributed by atoms with E-state index in [9.17, 15) is 9.59 Å². The average Bonchev–Trinajstić information content (AvgIpc) is 3.02. The molecule has 0 spiro atoms. The number of fused-ring (bicyclic) bond motifs is 2. The van der Waals surface area contributed by atoms with Crippen molar-refractivity contribution in [3.63, 3.8) is 0 Å². The Morgan fingerprint density at radius 2 is 1.35 bits per heavy atom. The summed E-state index contributed by atoms with van der Waals surface area (Å²) < 4.78 is 5.16. The van der Waals surface area contributed by atoms with Gasteiger partial charge in [0, 0.05) is 35.0 Å². The Balaban J connectivity index is 0.000000171. The zero-order valence-corrected chi connectivity index (χ0v) is 24.9. The fourth-order valence-corrected chi connectivity index (χ4v) is 5.52. The highest BCUT2D eigenvalue weighted by molar-refractivity contribution is 6.29. The van der Waals surface area contributed by atoms with Gasteiger partial charge in [0.2, 0.25) is 0 Å². The van der Waals surface area contributed by atoms with Crippen LogP contribution in [-0.4, -0.2) is 36.0 Å². The number of amides is 2. The van der Waals surface area contributed by atoms with E-state index in [1.54, 1.807) is 25.3 Å². The highest BCUT2D eigenvalue weighted by atomic mass is 35.5. The Morgan fingerprint density at radius 3 is 1.88 bits per heavy atom. The van der Waals surface area contributed by atoms with Crippen LogP contribution >= 0.6 is 11.6 Å². The van der Waals surface area contributed by atoms with Gasteiger partial charge in [-0.05, 0) is 109 Å². The van der Waals surface area contributed by atoms with Crippen LogP contribution in [0.2, 0.25) is 5.15 Å². The van der Waals surface area contributed by atoms with Crippen molar-refractivity contribution in [3.8, 4) is 5.75 Å². The van der Waals surface area contributed by atoms with Crippen LogP contribution in [0.3, 0.4) is 0 Å². The van der Waals surface area contributed by atoms with E-state index < -0.39 is 0 Å². The number of pyridine rings is 1. The first-order chi connectivity index (χ1) is 20.8. The van der Waals surface area contributed by atoms with Crippen molar-refractivity contribution in [2.45, 2.75) is 50.6 Å². The standard InChI is InChI=1S/C18H20N2O2.C16H16ClN3O/c1-22-17-4-2-3-16(11-17)20-18(21)14-6-5-13-10-15(19)8-7-12(13)9-14;17-15-6-5-14(9-19-15)20-16(21)12-2-1-11-8-13(18)4-3-10(11)7-12/h2-6,9,11,15H,7-8,10,19H2,1H3,(H,20,21);1-2,5-7,9,13H,3-4,8,18H2,(H,20,21). The number of nitrogens with one attached hydrogen (secondary N) is 2. The molecule has 8 nitrogen and oxygen atoms in total. The number of nitrogens with zero attached hydrogens (tertiary/aromatic N) is 1. The van der Waals surface area contributed by atoms with Gasteiger partial charge in [0.15, 0.2) is 0 Å². The molecule has 0 bridgehead atoms.